The summed E-state index contributed by atoms with van der Waals surface area (Å²) in [5, 5.41) is 5.79. The lowest BCUT2D eigenvalue weighted by Gasteiger charge is -2.28. The van der Waals surface area contributed by atoms with Gasteiger partial charge in [-0.2, -0.15) is 0 Å². The monoisotopic (exact) mass is 1170 g/mol. The first-order valence-electron chi connectivity index (χ1n) is 33.8. The van der Waals surface area contributed by atoms with Gasteiger partial charge >= 0.3 is 11.9 Å². The zero-order valence-electron chi connectivity index (χ0n) is 53.6. The molecule has 0 aromatic heterocycles. The zero-order valence-corrected chi connectivity index (χ0v) is 53.6. The molecule has 1 amide bonds. The van der Waals surface area contributed by atoms with Crippen LogP contribution in [0.15, 0.2) is 24.3 Å². The number of hydrogen-bond acceptors (Lipinski definition) is 14. The number of allylic oxidation sites excluding steroid dienone is 4. The average Bonchev–Trinajstić information content (AvgIpc) is 3.47. The summed E-state index contributed by atoms with van der Waals surface area (Å²) in [6.45, 7) is 14.9. The van der Waals surface area contributed by atoms with Crippen molar-refractivity contribution < 1.29 is 57.0 Å². The number of rotatable bonds is 69. The summed E-state index contributed by atoms with van der Waals surface area (Å²) >= 11 is 0. The number of unbranched alkanes of at least 4 members (excludes halogenated alkanes) is 29. The van der Waals surface area contributed by atoms with Crippen LogP contribution in [0, 0.1) is 0 Å². The summed E-state index contributed by atoms with van der Waals surface area (Å²) in [7, 11) is 1.59. The maximum atomic E-state index is 13.8. The first-order valence-corrected chi connectivity index (χ1v) is 33.8. The fourth-order valence-electron chi connectivity index (χ4n) is 9.25. The molecule has 0 aromatic carbocycles. The molecule has 0 rings (SSSR count). The minimum Gasteiger partial charge on any atom is -0.463 e. The van der Waals surface area contributed by atoms with Crippen LogP contribution < -0.4 is 10.6 Å². The van der Waals surface area contributed by atoms with Crippen molar-refractivity contribution >= 4 is 17.8 Å². The van der Waals surface area contributed by atoms with E-state index in [1.807, 2.05) is 4.90 Å². The number of methoxy groups -OCH3 is 1. The topological polar surface area (TPSA) is 162 Å². The molecule has 0 aromatic rings. The Hall–Kier alpha value is -2.47. The van der Waals surface area contributed by atoms with Crippen molar-refractivity contribution in [3.63, 3.8) is 0 Å². The van der Waals surface area contributed by atoms with E-state index in [1.54, 1.807) is 7.11 Å². The largest absolute Gasteiger partial charge is 0.463 e. The third-order valence-corrected chi connectivity index (χ3v) is 14.3. The second kappa shape index (κ2) is 69.3. The molecule has 0 saturated heterocycles. The summed E-state index contributed by atoms with van der Waals surface area (Å²) in [5.74, 6) is -0.671. The van der Waals surface area contributed by atoms with Gasteiger partial charge in [0.1, 0.15) is 13.2 Å². The summed E-state index contributed by atoms with van der Waals surface area (Å²) in [6.07, 6.45) is 52.7. The number of nitrogens with zero attached hydrogens (tertiary/aromatic N) is 1. The minimum atomic E-state index is -0.412. The molecule has 0 heterocycles. The van der Waals surface area contributed by atoms with Crippen LogP contribution in [0.1, 0.15) is 245 Å². The normalized spacial score (nSPS) is 12.1. The molecule has 82 heavy (non-hydrogen) atoms. The molecule has 2 N–H and O–H groups in total. The van der Waals surface area contributed by atoms with Crippen LogP contribution in [-0.4, -0.2) is 168 Å². The SMILES string of the molecule is CCCCCCCC/C=C\CCCCCCCCOCC(CN(CCCCCCCC)C(=O)CCOCCOCCOCCOCCOC(=O)CNCCOC(=O)CNCCOC)OCCCCCCCC/C=C\CCCCCCCC. The number of hydrogen-bond donors (Lipinski definition) is 2. The van der Waals surface area contributed by atoms with Gasteiger partial charge in [-0.05, 0) is 70.6 Å². The maximum absolute atomic E-state index is 13.8. The van der Waals surface area contributed by atoms with Gasteiger partial charge in [-0.1, -0.05) is 193 Å². The third kappa shape index (κ3) is 63.5. The predicted molar refractivity (Wildman–Crippen MR) is 337 cm³/mol. The Bertz CT molecular complexity index is 1380. The molecule has 0 saturated carbocycles. The number of ether oxygens (including phenoxy) is 9. The molecule has 0 fully saturated rings. The quantitative estimate of drug-likeness (QED) is 0.0336. The molecule has 15 heteroatoms. The van der Waals surface area contributed by atoms with E-state index in [0.29, 0.717) is 92.1 Å². The van der Waals surface area contributed by atoms with Crippen LogP contribution in [0.5, 0.6) is 0 Å². The first-order chi connectivity index (χ1) is 40.5. The molecule has 0 spiro atoms. The van der Waals surface area contributed by atoms with Gasteiger partial charge < -0.3 is 58.2 Å². The Morgan fingerprint density at radius 3 is 1.23 bits per heavy atom. The van der Waals surface area contributed by atoms with Crippen LogP contribution >= 0.6 is 0 Å². The van der Waals surface area contributed by atoms with Gasteiger partial charge in [0, 0.05) is 46.5 Å². The summed E-state index contributed by atoms with van der Waals surface area (Å²) in [5.41, 5.74) is 0. The fourth-order valence-corrected chi connectivity index (χ4v) is 9.25. The summed E-state index contributed by atoms with van der Waals surface area (Å²) in [6, 6.07) is 0. The van der Waals surface area contributed by atoms with Crippen molar-refractivity contribution in [2.24, 2.45) is 0 Å². The smallest absolute Gasteiger partial charge is 0.320 e. The second-order valence-corrected chi connectivity index (χ2v) is 22.0. The van der Waals surface area contributed by atoms with E-state index < -0.39 is 5.97 Å². The lowest BCUT2D eigenvalue weighted by atomic mass is 10.1. The zero-order chi connectivity index (χ0) is 59.4. The number of esters is 2. The van der Waals surface area contributed by atoms with E-state index in [1.165, 1.54) is 193 Å². The molecule has 1 unspecified atom stereocenters. The Morgan fingerprint density at radius 1 is 0.390 bits per heavy atom. The molecule has 1 atom stereocenters. The number of carbonyl (C=O) groups is 3. The van der Waals surface area contributed by atoms with Crippen LogP contribution in [0.3, 0.4) is 0 Å². The van der Waals surface area contributed by atoms with Gasteiger partial charge in [-0.15, -0.1) is 0 Å². The highest BCUT2D eigenvalue weighted by molar-refractivity contribution is 5.76. The van der Waals surface area contributed by atoms with Gasteiger partial charge in [0.15, 0.2) is 0 Å². The Balaban J connectivity index is 4.68. The van der Waals surface area contributed by atoms with Crippen LogP contribution in [0.2, 0.25) is 0 Å². The van der Waals surface area contributed by atoms with Crippen molar-refractivity contribution in [2.45, 2.75) is 252 Å². The fraction of sp³-hybridized carbons (Fsp3) is 0.896. The minimum absolute atomic E-state index is 0.0116. The Labute approximate surface area is 503 Å². The Morgan fingerprint density at radius 2 is 0.768 bits per heavy atom. The van der Waals surface area contributed by atoms with Gasteiger partial charge in [0.2, 0.25) is 5.91 Å². The van der Waals surface area contributed by atoms with Gasteiger partial charge in [-0.3, -0.25) is 14.4 Å². The van der Waals surface area contributed by atoms with Crippen LogP contribution in [0.4, 0.5) is 0 Å². The molecular formula is C67H129N3O12. The van der Waals surface area contributed by atoms with Crippen molar-refractivity contribution in [3.8, 4) is 0 Å². The molecule has 0 radical (unpaired) electrons. The van der Waals surface area contributed by atoms with Crippen molar-refractivity contribution in [1.29, 1.82) is 0 Å². The van der Waals surface area contributed by atoms with Crippen LogP contribution in [0.25, 0.3) is 0 Å². The summed E-state index contributed by atoms with van der Waals surface area (Å²) in [4.78, 5) is 39.4. The first kappa shape index (κ1) is 79.5. The number of amides is 1. The third-order valence-electron chi connectivity index (χ3n) is 14.3. The predicted octanol–water partition coefficient (Wildman–Crippen LogP) is 14.0. The molecule has 0 bridgehead atoms. The highest BCUT2D eigenvalue weighted by atomic mass is 16.6. The summed E-state index contributed by atoms with van der Waals surface area (Å²) < 4.78 is 50.7. The van der Waals surface area contributed by atoms with E-state index in [9.17, 15) is 14.4 Å². The standard InChI is InChI=1S/C67H129N3O12/c1-5-8-11-14-17-19-21-23-25-27-29-31-33-35-38-41-47-79-63-64(80-48-42-39-36-34-32-30-28-26-24-22-20-18-15-12-9-6-2)62-70(46-40-37-16-13-10-7-3)65(71)43-49-75-52-53-76-54-55-77-56-57-78-58-59-82-67(73)61-69-45-51-81-66(72)60-68-44-50-74-4/h23-26,64,68-69H,5-22,27-63H2,1-4H3/b25-23-,26-24-. The molecule has 0 aliphatic heterocycles. The van der Waals surface area contributed by atoms with E-state index in [0.717, 1.165) is 38.8 Å². The van der Waals surface area contributed by atoms with Gasteiger partial charge in [0.05, 0.1) is 91.7 Å². The van der Waals surface area contributed by atoms with E-state index >= 15 is 0 Å². The van der Waals surface area contributed by atoms with Crippen molar-refractivity contribution in [1.82, 2.24) is 15.5 Å². The molecule has 0 aliphatic carbocycles. The van der Waals surface area contributed by atoms with Gasteiger partial charge in [-0.25, -0.2) is 0 Å². The van der Waals surface area contributed by atoms with E-state index in [4.69, 9.17) is 42.6 Å². The lowest BCUT2D eigenvalue weighted by Crippen LogP contribution is -2.41. The van der Waals surface area contributed by atoms with Crippen molar-refractivity contribution in [3.05, 3.63) is 24.3 Å². The highest BCUT2D eigenvalue weighted by Crippen LogP contribution is 2.14. The van der Waals surface area contributed by atoms with E-state index in [2.05, 4.69) is 55.7 Å². The van der Waals surface area contributed by atoms with E-state index in [-0.39, 0.29) is 50.9 Å². The second-order valence-electron chi connectivity index (χ2n) is 22.0. The average molecular weight is 1170 g/mol. The maximum Gasteiger partial charge on any atom is 0.320 e. The molecule has 484 valence electrons. The number of carbonyl (C=O) groups excluding carboxylic acids is 3. The van der Waals surface area contributed by atoms with Gasteiger partial charge in [0.25, 0.3) is 0 Å². The molecule has 0 aliphatic rings. The van der Waals surface area contributed by atoms with Crippen LogP contribution in [-0.2, 0) is 57.0 Å². The van der Waals surface area contributed by atoms with Crippen molar-refractivity contribution in [2.75, 3.05) is 139 Å². The molecule has 15 nitrogen and oxygen atoms in total. The molecular weight excluding hydrogens is 1040 g/mol. The Kier molecular flexibility index (Phi) is 67.2. The lowest BCUT2D eigenvalue weighted by molar-refractivity contribution is -0.144. The highest BCUT2D eigenvalue weighted by Gasteiger charge is 2.20. The number of nitrogens with one attached hydrogen (secondary N) is 2.